The third-order valence-corrected chi connectivity index (χ3v) is 5.15. The molecule has 8 heteroatoms. The highest BCUT2D eigenvalue weighted by Gasteiger charge is 2.18. The fourth-order valence-corrected chi connectivity index (χ4v) is 3.21. The second kappa shape index (κ2) is 12.8. The van der Waals surface area contributed by atoms with Gasteiger partial charge in [-0.3, -0.25) is 14.9 Å². The summed E-state index contributed by atoms with van der Waals surface area (Å²) in [7, 11) is 1.64. The molecule has 180 valence electrons. The van der Waals surface area contributed by atoms with Gasteiger partial charge in [-0.05, 0) is 43.4 Å². The number of nitrogens with zero attached hydrogens (tertiary/aromatic N) is 2. The summed E-state index contributed by atoms with van der Waals surface area (Å²) in [5.41, 5.74) is 1.88. The second-order valence-electron chi connectivity index (χ2n) is 8.33. The molecule has 0 fully saturated rings. The number of unbranched alkanes of at least 4 members (excludes halogenated alkanes) is 2. The van der Waals surface area contributed by atoms with Gasteiger partial charge in [0, 0.05) is 18.4 Å². The topological polar surface area (TPSA) is 102 Å². The van der Waals surface area contributed by atoms with E-state index in [0.29, 0.717) is 24.3 Å². The van der Waals surface area contributed by atoms with Crippen LogP contribution in [0.2, 0.25) is 0 Å². The van der Waals surface area contributed by atoms with E-state index in [9.17, 15) is 9.59 Å². The van der Waals surface area contributed by atoms with Crippen molar-refractivity contribution in [1.82, 2.24) is 9.97 Å². The van der Waals surface area contributed by atoms with Crippen molar-refractivity contribution in [2.45, 2.75) is 79.1 Å². The summed E-state index contributed by atoms with van der Waals surface area (Å²) >= 11 is 0. The standard InChI is InChI=1S/C25H36N4O4/c1-7-9-11-22(30)27-24-21(15-26-25(29-24)28-23(31)12-10-8-2)33-20-13-17(5)19(32-6)14-18(20)16(3)4/h13-16H,7-12H2,1-6H3,(H2,26,27,28,29,30,31). The predicted octanol–water partition coefficient (Wildman–Crippen LogP) is 5.97. The molecular weight excluding hydrogens is 420 g/mol. The van der Waals surface area contributed by atoms with Gasteiger partial charge in [-0.15, -0.1) is 0 Å². The van der Waals surface area contributed by atoms with Crippen LogP contribution in [0.4, 0.5) is 11.8 Å². The Hall–Kier alpha value is -3.16. The van der Waals surface area contributed by atoms with Gasteiger partial charge in [0.05, 0.1) is 13.3 Å². The maximum Gasteiger partial charge on any atom is 0.231 e. The smallest absolute Gasteiger partial charge is 0.231 e. The average molecular weight is 457 g/mol. The van der Waals surface area contributed by atoms with Gasteiger partial charge in [0.1, 0.15) is 11.5 Å². The van der Waals surface area contributed by atoms with E-state index in [-0.39, 0.29) is 29.5 Å². The van der Waals surface area contributed by atoms with Gasteiger partial charge in [-0.1, -0.05) is 40.5 Å². The molecule has 0 radical (unpaired) electrons. The lowest BCUT2D eigenvalue weighted by Gasteiger charge is -2.18. The molecule has 0 saturated heterocycles. The number of aryl methyl sites for hydroxylation is 1. The highest BCUT2D eigenvalue weighted by Crippen LogP contribution is 2.37. The molecule has 2 aromatic rings. The molecule has 0 aliphatic heterocycles. The quantitative estimate of drug-likeness (QED) is 0.408. The Labute approximate surface area is 196 Å². The highest BCUT2D eigenvalue weighted by molar-refractivity contribution is 5.92. The van der Waals surface area contributed by atoms with Crippen molar-refractivity contribution in [3.8, 4) is 17.2 Å². The van der Waals surface area contributed by atoms with Gasteiger partial charge in [-0.25, -0.2) is 4.98 Å². The SMILES string of the molecule is CCCCC(=O)Nc1ncc(Oc2cc(C)c(OC)cc2C(C)C)c(NC(=O)CCCC)n1. The Balaban J connectivity index is 2.39. The van der Waals surface area contributed by atoms with Crippen molar-refractivity contribution in [3.63, 3.8) is 0 Å². The van der Waals surface area contributed by atoms with Crippen molar-refractivity contribution in [2.24, 2.45) is 0 Å². The first-order chi connectivity index (χ1) is 15.8. The summed E-state index contributed by atoms with van der Waals surface area (Å²) in [6.07, 6.45) is 5.60. The number of carbonyl (C=O) groups is 2. The van der Waals surface area contributed by atoms with E-state index in [0.717, 1.165) is 42.6 Å². The van der Waals surface area contributed by atoms with Crippen molar-refractivity contribution in [1.29, 1.82) is 0 Å². The zero-order valence-electron chi connectivity index (χ0n) is 20.6. The molecule has 0 spiro atoms. The van der Waals surface area contributed by atoms with E-state index in [1.807, 2.05) is 32.9 Å². The zero-order chi connectivity index (χ0) is 24.4. The molecule has 0 aliphatic carbocycles. The fourth-order valence-electron chi connectivity index (χ4n) is 3.21. The third kappa shape index (κ3) is 7.73. The first kappa shape index (κ1) is 26.1. The monoisotopic (exact) mass is 456 g/mol. The fraction of sp³-hybridized carbons (Fsp3) is 0.520. The van der Waals surface area contributed by atoms with Gasteiger partial charge in [-0.2, -0.15) is 4.98 Å². The molecular formula is C25H36N4O4. The maximum atomic E-state index is 12.4. The van der Waals surface area contributed by atoms with Gasteiger partial charge < -0.3 is 14.8 Å². The Morgan fingerprint density at radius 3 is 2.18 bits per heavy atom. The van der Waals surface area contributed by atoms with Crippen LogP contribution >= 0.6 is 0 Å². The van der Waals surface area contributed by atoms with E-state index in [2.05, 4.69) is 34.4 Å². The van der Waals surface area contributed by atoms with Crippen molar-refractivity contribution >= 4 is 23.6 Å². The zero-order valence-corrected chi connectivity index (χ0v) is 20.6. The van der Waals surface area contributed by atoms with Crippen LogP contribution in [0.3, 0.4) is 0 Å². The van der Waals surface area contributed by atoms with Crippen molar-refractivity contribution in [3.05, 3.63) is 29.5 Å². The summed E-state index contributed by atoms with van der Waals surface area (Å²) in [6, 6.07) is 3.86. The number of benzene rings is 1. The lowest BCUT2D eigenvalue weighted by Crippen LogP contribution is -2.17. The van der Waals surface area contributed by atoms with E-state index in [1.54, 1.807) is 7.11 Å². The normalized spacial score (nSPS) is 10.8. The summed E-state index contributed by atoms with van der Waals surface area (Å²) in [5.74, 6) is 1.91. The van der Waals surface area contributed by atoms with E-state index in [1.165, 1.54) is 6.20 Å². The van der Waals surface area contributed by atoms with Crippen molar-refractivity contribution in [2.75, 3.05) is 17.7 Å². The van der Waals surface area contributed by atoms with Crippen LogP contribution in [-0.4, -0.2) is 28.9 Å². The van der Waals surface area contributed by atoms with Crippen LogP contribution in [0.25, 0.3) is 0 Å². The maximum absolute atomic E-state index is 12.4. The van der Waals surface area contributed by atoms with E-state index < -0.39 is 0 Å². The minimum Gasteiger partial charge on any atom is -0.496 e. The molecule has 2 N–H and O–H groups in total. The number of anilines is 2. The van der Waals surface area contributed by atoms with Crippen LogP contribution < -0.4 is 20.1 Å². The molecule has 0 bridgehead atoms. The molecule has 0 aliphatic rings. The van der Waals surface area contributed by atoms with Crippen LogP contribution in [0.5, 0.6) is 17.2 Å². The number of aromatic nitrogens is 2. The lowest BCUT2D eigenvalue weighted by molar-refractivity contribution is -0.117. The number of methoxy groups -OCH3 is 1. The molecule has 0 saturated carbocycles. The van der Waals surface area contributed by atoms with Crippen molar-refractivity contribution < 1.29 is 19.1 Å². The molecule has 2 rings (SSSR count). The first-order valence-corrected chi connectivity index (χ1v) is 11.6. The third-order valence-electron chi connectivity index (χ3n) is 5.15. The average Bonchev–Trinajstić information content (AvgIpc) is 2.77. The molecule has 1 aromatic heterocycles. The van der Waals surface area contributed by atoms with Gasteiger partial charge in [0.25, 0.3) is 0 Å². The summed E-state index contributed by atoms with van der Waals surface area (Å²) in [6.45, 7) is 10.1. The number of nitrogens with one attached hydrogen (secondary N) is 2. The van der Waals surface area contributed by atoms with Gasteiger partial charge in [0.15, 0.2) is 11.6 Å². The summed E-state index contributed by atoms with van der Waals surface area (Å²) in [4.78, 5) is 33.2. The number of hydrogen-bond acceptors (Lipinski definition) is 6. The first-order valence-electron chi connectivity index (χ1n) is 11.6. The largest absolute Gasteiger partial charge is 0.496 e. The Kier molecular flexibility index (Phi) is 10.1. The van der Waals surface area contributed by atoms with Crippen LogP contribution in [0, 0.1) is 6.92 Å². The Morgan fingerprint density at radius 1 is 0.970 bits per heavy atom. The number of hydrogen-bond donors (Lipinski definition) is 2. The number of ether oxygens (including phenoxy) is 2. The Bertz CT molecular complexity index is 960. The second-order valence-corrected chi connectivity index (χ2v) is 8.33. The lowest BCUT2D eigenvalue weighted by atomic mass is 10.00. The molecule has 1 aromatic carbocycles. The molecule has 33 heavy (non-hydrogen) atoms. The van der Waals surface area contributed by atoms with Crippen LogP contribution in [0.1, 0.15) is 83.3 Å². The minimum absolute atomic E-state index is 0.129. The Morgan fingerprint density at radius 2 is 1.61 bits per heavy atom. The molecule has 8 nitrogen and oxygen atoms in total. The molecule has 0 unspecified atom stereocenters. The predicted molar refractivity (Wildman–Crippen MR) is 130 cm³/mol. The van der Waals surface area contributed by atoms with Gasteiger partial charge >= 0.3 is 0 Å². The highest BCUT2D eigenvalue weighted by atomic mass is 16.5. The van der Waals surface area contributed by atoms with Gasteiger partial charge in [0.2, 0.25) is 17.8 Å². The summed E-state index contributed by atoms with van der Waals surface area (Å²) < 4.78 is 11.7. The molecule has 2 amide bonds. The van der Waals surface area contributed by atoms with Crippen LogP contribution in [0.15, 0.2) is 18.3 Å². The van der Waals surface area contributed by atoms with E-state index >= 15 is 0 Å². The summed E-state index contributed by atoms with van der Waals surface area (Å²) in [5, 5.41) is 5.51. The van der Waals surface area contributed by atoms with Crippen LogP contribution in [-0.2, 0) is 9.59 Å². The molecule has 1 heterocycles. The molecule has 0 atom stereocenters. The number of carbonyl (C=O) groups excluding carboxylic acids is 2. The minimum atomic E-state index is -0.168. The van der Waals surface area contributed by atoms with E-state index in [4.69, 9.17) is 9.47 Å². The number of amides is 2. The number of rotatable bonds is 12.